The molecule has 1 unspecified atom stereocenters. The maximum absolute atomic E-state index is 13.4. The van der Waals surface area contributed by atoms with Gasteiger partial charge < -0.3 is 4.42 Å². The van der Waals surface area contributed by atoms with E-state index >= 15 is 0 Å². The zero-order valence-electron chi connectivity index (χ0n) is 15.2. The standard InChI is InChI=1S/C21H17FN4O2/c1-2-15-19(12-5-7-14(22)8-6-12)21-24-23-20-16(26(21)25-15)10-13(11-17(20)27)18-4-3-9-28-18/h3-9,13H,2,10-11H2,1H3. The first-order chi connectivity index (χ1) is 13.7. The molecule has 1 atom stereocenters. The molecule has 0 N–H and O–H groups in total. The summed E-state index contributed by atoms with van der Waals surface area (Å²) in [6, 6.07) is 9.97. The van der Waals surface area contributed by atoms with Gasteiger partial charge in [0.25, 0.3) is 0 Å². The lowest BCUT2D eigenvalue weighted by Gasteiger charge is -2.21. The van der Waals surface area contributed by atoms with Gasteiger partial charge in [0.05, 0.1) is 23.2 Å². The maximum atomic E-state index is 13.4. The lowest BCUT2D eigenvalue weighted by Crippen LogP contribution is -2.24. The van der Waals surface area contributed by atoms with Gasteiger partial charge in [-0.2, -0.15) is 5.10 Å². The fourth-order valence-corrected chi connectivity index (χ4v) is 3.90. The molecule has 0 amide bonds. The van der Waals surface area contributed by atoms with E-state index in [1.54, 1.807) is 22.9 Å². The highest BCUT2D eigenvalue weighted by Crippen LogP contribution is 2.34. The number of furan rings is 1. The normalized spacial score (nSPS) is 16.5. The Kier molecular flexibility index (Phi) is 3.82. The number of carbonyl (C=O) groups excluding carboxylic acids is 1. The zero-order chi connectivity index (χ0) is 19.3. The molecule has 3 heterocycles. The molecule has 0 fully saturated rings. The molecule has 1 aliphatic carbocycles. The summed E-state index contributed by atoms with van der Waals surface area (Å²) in [6.07, 6.45) is 3.23. The minimum absolute atomic E-state index is 0.0500. The molecule has 0 spiro atoms. The molecule has 0 radical (unpaired) electrons. The summed E-state index contributed by atoms with van der Waals surface area (Å²) >= 11 is 0. The van der Waals surface area contributed by atoms with Gasteiger partial charge in [-0.1, -0.05) is 19.1 Å². The largest absolute Gasteiger partial charge is 0.469 e. The minimum Gasteiger partial charge on any atom is -0.469 e. The Morgan fingerprint density at radius 2 is 2.00 bits per heavy atom. The third-order valence-corrected chi connectivity index (χ3v) is 5.26. The van der Waals surface area contributed by atoms with Crippen LogP contribution in [0.1, 0.15) is 46.9 Å². The topological polar surface area (TPSA) is 73.3 Å². The van der Waals surface area contributed by atoms with Crippen LogP contribution in [0.2, 0.25) is 0 Å². The molecule has 0 saturated carbocycles. The van der Waals surface area contributed by atoms with Crippen molar-refractivity contribution in [2.45, 2.75) is 32.1 Å². The van der Waals surface area contributed by atoms with Crippen molar-refractivity contribution in [3.05, 3.63) is 71.3 Å². The molecular weight excluding hydrogens is 359 g/mol. The van der Waals surface area contributed by atoms with Gasteiger partial charge in [0, 0.05) is 18.8 Å². The molecule has 28 heavy (non-hydrogen) atoms. The van der Waals surface area contributed by atoms with Crippen LogP contribution in [-0.4, -0.2) is 25.6 Å². The van der Waals surface area contributed by atoms with E-state index in [2.05, 4.69) is 10.2 Å². The quantitative estimate of drug-likeness (QED) is 0.540. The van der Waals surface area contributed by atoms with Crippen LogP contribution >= 0.6 is 0 Å². The van der Waals surface area contributed by atoms with Crippen molar-refractivity contribution in [1.82, 2.24) is 19.8 Å². The molecular formula is C21H17FN4O2. The van der Waals surface area contributed by atoms with Gasteiger partial charge in [-0.3, -0.25) is 4.79 Å². The summed E-state index contributed by atoms with van der Waals surface area (Å²) in [5.41, 5.74) is 4.17. The van der Waals surface area contributed by atoms with Crippen molar-refractivity contribution < 1.29 is 13.6 Å². The van der Waals surface area contributed by atoms with Crippen LogP contribution in [0.3, 0.4) is 0 Å². The number of aromatic nitrogens is 4. The Balaban J connectivity index is 1.70. The van der Waals surface area contributed by atoms with Crippen molar-refractivity contribution in [1.29, 1.82) is 0 Å². The number of hydrogen-bond donors (Lipinski definition) is 0. The van der Waals surface area contributed by atoms with Gasteiger partial charge in [-0.25, -0.2) is 8.91 Å². The Morgan fingerprint density at radius 3 is 2.71 bits per heavy atom. The third kappa shape index (κ3) is 2.54. The first-order valence-electron chi connectivity index (χ1n) is 9.25. The van der Waals surface area contributed by atoms with Crippen LogP contribution < -0.4 is 0 Å². The van der Waals surface area contributed by atoms with Crippen LogP contribution in [0.5, 0.6) is 0 Å². The van der Waals surface area contributed by atoms with Crippen LogP contribution in [0.15, 0.2) is 47.1 Å². The van der Waals surface area contributed by atoms with E-state index in [0.717, 1.165) is 28.3 Å². The molecule has 5 rings (SSSR count). The van der Waals surface area contributed by atoms with Crippen molar-refractivity contribution in [2.75, 3.05) is 0 Å². The second kappa shape index (κ2) is 6.37. The van der Waals surface area contributed by atoms with E-state index in [1.807, 2.05) is 19.1 Å². The second-order valence-electron chi connectivity index (χ2n) is 6.96. The number of fused-ring (bicyclic) bond motifs is 3. The average molecular weight is 376 g/mol. The summed E-state index contributed by atoms with van der Waals surface area (Å²) < 4.78 is 20.6. The van der Waals surface area contributed by atoms with Crippen molar-refractivity contribution in [3.8, 4) is 11.1 Å². The summed E-state index contributed by atoms with van der Waals surface area (Å²) in [4.78, 5) is 12.7. The van der Waals surface area contributed by atoms with Crippen LogP contribution in [0.25, 0.3) is 16.8 Å². The van der Waals surface area contributed by atoms with E-state index in [0.29, 0.717) is 30.6 Å². The lowest BCUT2D eigenvalue weighted by molar-refractivity contribution is 0.0951. The lowest BCUT2D eigenvalue weighted by atomic mass is 9.87. The monoisotopic (exact) mass is 376 g/mol. The number of hydrogen-bond acceptors (Lipinski definition) is 5. The third-order valence-electron chi connectivity index (χ3n) is 5.26. The fourth-order valence-electron chi connectivity index (χ4n) is 3.90. The number of benzene rings is 1. The maximum Gasteiger partial charge on any atom is 0.185 e. The average Bonchev–Trinajstić information content (AvgIpc) is 3.36. The molecule has 4 aromatic rings. The van der Waals surface area contributed by atoms with E-state index < -0.39 is 0 Å². The minimum atomic E-state index is -0.298. The SMILES string of the molecule is CCc1nn2c3c(nnc2c1-c1ccc(F)cc1)C(=O)CC(c1ccco1)C3. The van der Waals surface area contributed by atoms with Crippen molar-refractivity contribution in [3.63, 3.8) is 0 Å². The number of Topliss-reactive ketones (excluding diaryl/α,β-unsaturated/α-hetero) is 1. The molecule has 6 nitrogen and oxygen atoms in total. The smallest absolute Gasteiger partial charge is 0.185 e. The van der Waals surface area contributed by atoms with Crippen LogP contribution in [0.4, 0.5) is 4.39 Å². The highest BCUT2D eigenvalue weighted by molar-refractivity contribution is 5.97. The summed E-state index contributed by atoms with van der Waals surface area (Å²) in [5, 5.41) is 13.3. The van der Waals surface area contributed by atoms with Crippen molar-refractivity contribution >= 4 is 11.4 Å². The summed E-state index contributed by atoms with van der Waals surface area (Å²) in [6.45, 7) is 2.01. The van der Waals surface area contributed by atoms with E-state index in [4.69, 9.17) is 9.52 Å². The Bertz CT molecular complexity index is 1180. The Hall–Kier alpha value is -3.35. The molecule has 0 aliphatic heterocycles. The molecule has 0 bridgehead atoms. The zero-order valence-corrected chi connectivity index (χ0v) is 15.2. The summed E-state index contributed by atoms with van der Waals surface area (Å²) in [7, 11) is 0. The van der Waals surface area contributed by atoms with E-state index in [1.165, 1.54) is 12.1 Å². The highest BCUT2D eigenvalue weighted by atomic mass is 19.1. The first-order valence-corrected chi connectivity index (χ1v) is 9.25. The van der Waals surface area contributed by atoms with Crippen LogP contribution in [-0.2, 0) is 12.8 Å². The highest BCUT2D eigenvalue weighted by Gasteiger charge is 2.32. The van der Waals surface area contributed by atoms with Crippen LogP contribution in [0, 0.1) is 5.82 Å². The molecule has 3 aromatic heterocycles. The number of halogens is 1. The van der Waals surface area contributed by atoms with Gasteiger partial charge in [0.15, 0.2) is 17.1 Å². The number of nitrogens with zero attached hydrogens (tertiary/aromatic N) is 4. The van der Waals surface area contributed by atoms with Gasteiger partial charge in [0.1, 0.15) is 11.6 Å². The Morgan fingerprint density at radius 1 is 1.18 bits per heavy atom. The number of carbonyl (C=O) groups is 1. The summed E-state index contributed by atoms with van der Waals surface area (Å²) in [5.74, 6) is 0.374. The predicted octanol–water partition coefficient (Wildman–Crippen LogP) is 4.00. The van der Waals surface area contributed by atoms with Crippen molar-refractivity contribution in [2.24, 2.45) is 0 Å². The number of rotatable bonds is 3. The predicted molar refractivity (Wildman–Crippen MR) is 99.7 cm³/mol. The van der Waals surface area contributed by atoms with Gasteiger partial charge in [-0.05, 0) is 36.2 Å². The molecule has 1 aliphatic rings. The number of aryl methyl sites for hydroxylation is 1. The number of ketones is 1. The van der Waals surface area contributed by atoms with Gasteiger partial charge >= 0.3 is 0 Å². The van der Waals surface area contributed by atoms with Gasteiger partial charge in [-0.15, -0.1) is 10.2 Å². The Labute approximate surface area is 160 Å². The van der Waals surface area contributed by atoms with E-state index in [9.17, 15) is 9.18 Å². The fraction of sp³-hybridized carbons (Fsp3) is 0.238. The molecule has 1 aromatic carbocycles. The first kappa shape index (κ1) is 16.8. The molecule has 0 saturated heterocycles. The van der Waals surface area contributed by atoms with E-state index in [-0.39, 0.29) is 17.5 Å². The molecule has 140 valence electrons. The second-order valence-corrected chi connectivity index (χ2v) is 6.96. The molecule has 7 heteroatoms. The van der Waals surface area contributed by atoms with Gasteiger partial charge in [0.2, 0.25) is 0 Å².